The van der Waals surface area contributed by atoms with E-state index in [1.165, 1.54) is 18.9 Å². The molecular weight excluding hydrogens is 350 g/mol. The number of amides is 1. The van der Waals surface area contributed by atoms with Gasteiger partial charge in [0.05, 0.1) is 12.9 Å². The highest BCUT2D eigenvalue weighted by Gasteiger charge is 2.20. The Morgan fingerprint density at radius 2 is 1.88 bits per heavy atom. The van der Waals surface area contributed by atoms with Crippen molar-refractivity contribution in [2.24, 2.45) is 0 Å². The van der Waals surface area contributed by atoms with Crippen molar-refractivity contribution >= 4 is 35.4 Å². The van der Waals surface area contributed by atoms with Gasteiger partial charge in [0.2, 0.25) is 0 Å². The van der Waals surface area contributed by atoms with Crippen molar-refractivity contribution < 1.29 is 19.1 Å². The van der Waals surface area contributed by atoms with Crippen molar-refractivity contribution in [1.82, 2.24) is 5.32 Å². The van der Waals surface area contributed by atoms with E-state index in [2.05, 4.69) is 10.1 Å². The Bertz CT molecular complexity index is 543. The zero-order valence-corrected chi connectivity index (χ0v) is 16.0. The van der Waals surface area contributed by atoms with Gasteiger partial charge in [-0.25, -0.2) is 4.79 Å². The van der Waals surface area contributed by atoms with Crippen molar-refractivity contribution in [2.75, 3.05) is 18.6 Å². The van der Waals surface area contributed by atoms with Crippen LogP contribution in [0.2, 0.25) is 5.02 Å². The van der Waals surface area contributed by atoms with Crippen LogP contribution in [0.3, 0.4) is 0 Å². The van der Waals surface area contributed by atoms with Crippen molar-refractivity contribution in [2.45, 2.75) is 38.8 Å². The number of benzene rings is 1. The number of ether oxygens (including phenoxy) is 2. The van der Waals surface area contributed by atoms with Gasteiger partial charge in [-0.3, -0.25) is 4.79 Å². The lowest BCUT2D eigenvalue weighted by molar-refractivity contribution is -0.137. The van der Waals surface area contributed by atoms with Crippen LogP contribution in [0.1, 0.15) is 26.3 Å². The first-order valence-corrected chi connectivity index (χ1v) is 9.11. The third kappa shape index (κ3) is 9.03. The maximum Gasteiger partial charge on any atom is 0.407 e. The number of esters is 1. The van der Waals surface area contributed by atoms with Crippen LogP contribution < -0.4 is 5.32 Å². The number of carbonyl (C=O) groups is 2. The van der Waals surface area contributed by atoms with Gasteiger partial charge in [0.15, 0.2) is 0 Å². The average molecular weight is 374 g/mol. The maximum atomic E-state index is 12.0. The smallest absolute Gasteiger partial charge is 0.407 e. The van der Waals surface area contributed by atoms with Crippen LogP contribution in [0, 0.1) is 0 Å². The summed E-state index contributed by atoms with van der Waals surface area (Å²) >= 11 is 7.30. The number of rotatable bonds is 7. The highest BCUT2D eigenvalue weighted by Crippen LogP contribution is 2.14. The summed E-state index contributed by atoms with van der Waals surface area (Å²) in [6.07, 6.45) is 0.144. The van der Waals surface area contributed by atoms with Crippen LogP contribution in [0.4, 0.5) is 4.79 Å². The molecule has 0 aliphatic rings. The predicted molar refractivity (Wildman–Crippen MR) is 97.7 cm³/mol. The molecule has 0 spiro atoms. The molecule has 0 radical (unpaired) electrons. The zero-order chi connectivity index (χ0) is 18.2. The topological polar surface area (TPSA) is 64.6 Å². The van der Waals surface area contributed by atoms with E-state index in [1.54, 1.807) is 0 Å². The standard InChI is InChI=1S/C17H24ClNO4S/c1-17(2,3)23-16(21)19-14(10-24-11-15(20)22-4)9-12-5-7-13(18)8-6-12/h5-8,14H,9-11H2,1-4H3,(H,19,21). The van der Waals surface area contributed by atoms with Gasteiger partial charge in [-0.1, -0.05) is 23.7 Å². The quantitative estimate of drug-likeness (QED) is 0.738. The second-order valence-electron chi connectivity index (χ2n) is 6.27. The van der Waals surface area contributed by atoms with Crippen molar-refractivity contribution in [3.63, 3.8) is 0 Å². The molecule has 1 N–H and O–H groups in total. The monoisotopic (exact) mass is 373 g/mol. The summed E-state index contributed by atoms with van der Waals surface area (Å²) in [6.45, 7) is 5.44. The SMILES string of the molecule is COC(=O)CSCC(Cc1ccc(Cl)cc1)NC(=O)OC(C)(C)C. The highest BCUT2D eigenvalue weighted by atomic mass is 35.5. The van der Waals surface area contributed by atoms with E-state index in [1.807, 2.05) is 45.0 Å². The molecule has 7 heteroatoms. The molecule has 0 saturated heterocycles. The molecule has 1 aromatic carbocycles. The van der Waals surface area contributed by atoms with Crippen molar-refractivity contribution in [3.8, 4) is 0 Å². The van der Waals surface area contributed by atoms with E-state index in [0.29, 0.717) is 17.2 Å². The molecule has 1 atom stereocenters. The first-order chi connectivity index (χ1) is 11.2. The third-order valence-corrected chi connectivity index (χ3v) is 4.21. The van der Waals surface area contributed by atoms with Crippen molar-refractivity contribution in [1.29, 1.82) is 0 Å². The Hall–Kier alpha value is -1.40. The number of carbonyl (C=O) groups excluding carboxylic acids is 2. The van der Waals surface area contributed by atoms with E-state index >= 15 is 0 Å². The van der Waals surface area contributed by atoms with E-state index in [-0.39, 0.29) is 17.8 Å². The number of halogens is 1. The van der Waals surface area contributed by atoms with E-state index < -0.39 is 11.7 Å². The van der Waals surface area contributed by atoms with Gasteiger partial charge in [0.25, 0.3) is 0 Å². The van der Waals surface area contributed by atoms with Gasteiger partial charge in [-0.2, -0.15) is 0 Å². The van der Waals surface area contributed by atoms with Gasteiger partial charge in [-0.15, -0.1) is 11.8 Å². The summed E-state index contributed by atoms with van der Waals surface area (Å²) in [5.41, 5.74) is 0.479. The molecule has 0 aromatic heterocycles. The summed E-state index contributed by atoms with van der Waals surface area (Å²) in [7, 11) is 1.35. The first-order valence-electron chi connectivity index (χ1n) is 7.58. The summed E-state index contributed by atoms with van der Waals surface area (Å²) in [6, 6.07) is 7.27. The van der Waals surface area contributed by atoms with E-state index in [0.717, 1.165) is 5.56 Å². The largest absolute Gasteiger partial charge is 0.468 e. The fraction of sp³-hybridized carbons (Fsp3) is 0.529. The molecule has 1 rings (SSSR count). The minimum absolute atomic E-state index is 0.171. The molecule has 1 amide bonds. The van der Waals surface area contributed by atoms with Crippen LogP contribution in [0.25, 0.3) is 0 Å². The maximum absolute atomic E-state index is 12.0. The molecule has 0 heterocycles. The fourth-order valence-electron chi connectivity index (χ4n) is 1.87. The number of methoxy groups -OCH3 is 1. The highest BCUT2D eigenvalue weighted by molar-refractivity contribution is 7.99. The van der Waals surface area contributed by atoms with Gasteiger partial charge >= 0.3 is 12.1 Å². The zero-order valence-electron chi connectivity index (χ0n) is 14.4. The summed E-state index contributed by atoms with van der Waals surface area (Å²) in [5.74, 6) is 0.517. The Balaban J connectivity index is 2.65. The molecule has 0 fully saturated rings. The van der Waals surface area contributed by atoms with Crippen LogP contribution in [0.5, 0.6) is 0 Å². The predicted octanol–water partition coefficient (Wildman–Crippen LogP) is 3.68. The molecule has 24 heavy (non-hydrogen) atoms. The number of nitrogens with one attached hydrogen (secondary N) is 1. The number of alkyl carbamates (subject to hydrolysis) is 1. The lowest BCUT2D eigenvalue weighted by atomic mass is 10.1. The van der Waals surface area contributed by atoms with Crippen molar-refractivity contribution in [3.05, 3.63) is 34.9 Å². The summed E-state index contributed by atoms with van der Waals surface area (Å²) in [5, 5.41) is 3.52. The Kier molecular flexibility index (Phi) is 8.42. The molecule has 0 saturated carbocycles. The minimum atomic E-state index is -0.561. The fourth-order valence-corrected chi connectivity index (χ4v) is 2.89. The lowest BCUT2D eigenvalue weighted by Gasteiger charge is -2.23. The molecule has 0 bridgehead atoms. The normalized spacial score (nSPS) is 12.4. The Morgan fingerprint density at radius 3 is 2.42 bits per heavy atom. The van der Waals surface area contributed by atoms with Gasteiger partial charge in [0, 0.05) is 16.8 Å². The summed E-state index contributed by atoms with van der Waals surface area (Å²) in [4.78, 5) is 23.2. The Labute approximate surface area is 152 Å². The second kappa shape index (κ2) is 9.79. The van der Waals surface area contributed by atoms with Crippen LogP contribution in [-0.2, 0) is 20.7 Å². The lowest BCUT2D eigenvalue weighted by Crippen LogP contribution is -2.41. The van der Waals surface area contributed by atoms with E-state index in [9.17, 15) is 9.59 Å². The summed E-state index contributed by atoms with van der Waals surface area (Å²) < 4.78 is 9.93. The number of thioether (sulfide) groups is 1. The molecule has 0 aliphatic carbocycles. The molecule has 0 aliphatic heterocycles. The molecular formula is C17H24ClNO4S. The van der Waals surface area contributed by atoms with Crippen LogP contribution >= 0.6 is 23.4 Å². The molecule has 134 valence electrons. The van der Waals surface area contributed by atoms with Gasteiger partial charge in [0.1, 0.15) is 5.60 Å². The van der Waals surface area contributed by atoms with Crippen LogP contribution in [-0.4, -0.2) is 42.3 Å². The molecule has 5 nitrogen and oxygen atoms in total. The van der Waals surface area contributed by atoms with Gasteiger partial charge < -0.3 is 14.8 Å². The average Bonchev–Trinajstić information content (AvgIpc) is 2.47. The molecule has 1 aromatic rings. The Morgan fingerprint density at radius 1 is 1.25 bits per heavy atom. The van der Waals surface area contributed by atoms with Crippen LogP contribution in [0.15, 0.2) is 24.3 Å². The number of hydrogen-bond donors (Lipinski definition) is 1. The minimum Gasteiger partial charge on any atom is -0.468 e. The number of hydrogen-bond acceptors (Lipinski definition) is 5. The van der Waals surface area contributed by atoms with Gasteiger partial charge in [-0.05, 0) is 44.9 Å². The van der Waals surface area contributed by atoms with E-state index in [4.69, 9.17) is 16.3 Å². The second-order valence-corrected chi connectivity index (χ2v) is 7.73. The third-order valence-electron chi connectivity index (χ3n) is 2.88. The first kappa shape index (κ1) is 20.6. The molecule has 1 unspecified atom stereocenters.